The van der Waals surface area contributed by atoms with Crippen LogP contribution in [0.5, 0.6) is 0 Å². The van der Waals surface area contributed by atoms with E-state index in [1.165, 1.54) is 11.1 Å². The molecule has 0 radical (unpaired) electrons. The van der Waals surface area contributed by atoms with Crippen LogP contribution in [0.4, 0.5) is 0 Å². The van der Waals surface area contributed by atoms with Crippen molar-refractivity contribution in [3.63, 3.8) is 0 Å². The molecule has 0 amide bonds. The van der Waals surface area contributed by atoms with Crippen LogP contribution in [0.15, 0.2) is 24.3 Å². The van der Waals surface area contributed by atoms with Crippen molar-refractivity contribution < 1.29 is 0 Å². The summed E-state index contributed by atoms with van der Waals surface area (Å²) < 4.78 is 2.25. The number of rotatable bonds is 3. The molecule has 2 rings (SSSR count). The van der Waals surface area contributed by atoms with E-state index < -0.39 is 0 Å². The molecule has 0 fully saturated rings. The fourth-order valence-corrected chi connectivity index (χ4v) is 2.48. The maximum absolute atomic E-state index is 6.24. The van der Waals surface area contributed by atoms with Gasteiger partial charge >= 0.3 is 0 Å². The monoisotopic (exact) mass is 236 g/mol. The van der Waals surface area contributed by atoms with Gasteiger partial charge < -0.3 is 10.3 Å². The van der Waals surface area contributed by atoms with Crippen LogP contribution in [0.2, 0.25) is 5.02 Å². The number of aryl methyl sites for hydroxylation is 1. The summed E-state index contributed by atoms with van der Waals surface area (Å²) in [4.78, 5) is 0. The lowest BCUT2D eigenvalue weighted by atomic mass is 10.2. The summed E-state index contributed by atoms with van der Waals surface area (Å²) >= 11 is 6.24. The molecule has 0 bridgehead atoms. The van der Waals surface area contributed by atoms with Gasteiger partial charge in [-0.25, -0.2) is 0 Å². The fraction of sp³-hybridized carbons (Fsp3) is 0.385. The van der Waals surface area contributed by atoms with E-state index in [2.05, 4.69) is 23.6 Å². The molecule has 0 aliphatic carbocycles. The third-order valence-electron chi connectivity index (χ3n) is 2.80. The number of benzene rings is 1. The molecule has 2 nitrogen and oxygen atoms in total. The Hall–Kier alpha value is -0.990. The molecular formula is C13H17ClN2. The number of para-hydroxylation sites is 1. The van der Waals surface area contributed by atoms with Crippen LogP contribution in [0.25, 0.3) is 10.9 Å². The zero-order chi connectivity index (χ0) is 11.7. The number of nitrogens with two attached hydrogens (primary N) is 1. The number of hydrogen-bond acceptors (Lipinski definition) is 1. The van der Waals surface area contributed by atoms with Gasteiger partial charge in [0, 0.05) is 30.1 Å². The van der Waals surface area contributed by atoms with Crippen LogP contribution < -0.4 is 5.73 Å². The Kier molecular flexibility index (Phi) is 3.22. The van der Waals surface area contributed by atoms with Crippen molar-refractivity contribution in [3.8, 4) is 0 Å². The average Bonchev–Trinajstić information content (AvgIpc) is 2.55. The Morgan fingerprint density at radius 1 is 1.44 bits per heavy atom. The average molecular weight is 237 g/mol. The summed E-state index contributed by atoms with van der Waals surface area (Å²) in [6.07, 6.45) is 0.888. The van der Waals surface area contributed by atoms with Gasteiger partial charge in [-0.1, -0.05) is 23.7 Å². The second-order valence-electron chi connectivity index (χ2n) is 4.24. The number of fused-ring (bicyclic) bond motifs is 1. The Morgan fingerprint density at radius 2 is 2.19 bits per heavy atom. The normalized spacial score (nSPS) is 13.2. The van der Waals surface area contributed by atoms with Gasteiger partial charge in [0.05, 0.1) is 10.5 Å². The van der Waals surface area contributed by atoms with Gasteiger partial charge in [0.15, 0.2) is 0 Å². The van der Waals surface area contributed by atoms with Crippen molar-refractivity contribution in [1.29, 1.82) is 0 Å². The Labute approximate surface area is 101 Å². The summed E-state index contributed by atoms with van der Waals surface area (Å²) in [6, 6.07) is 8.38. The van der Waals surface area contributed by atoms with Crippen LogP contribution in [0.1, 0.15) is 19.5 Å². The molecule has 86 valence electrons. The van der Waals surface area contributed by atoms with Gasteiger partial charge in [-0.05, 0) is 26.0 Å². The molecule has 1 unspecified atom stereocenters. The van der Waals surface area contributed by atoms with Gasteiger partial charge in [0.1, 0.15) is 0 Å². The molecular weight excluding hydrogens is 220 g/mol. The van der Waals surface area contributed by atoms with E-state index in [4.69, 9.17) is 17.3 Å². The lowest BCUT2D eigenvalue weighted by Gasteiger charge is -2.10. The first kappa shape index (κ1) is 11.5. The number of halogens is 1. The molecule has 16 heavy (non-hydrogen) atoms. The molecule has 0 aliphatic heterocycles. The van der Waals surface area contributed by atoms with Crippen molar-refractivity contribution in [3.05, 3.63) is 35.0 Å². The second kappa shape index (κ2) is 4.48. The topological polar surface area (TPSA) is 30.9 Å². The van der Waals surface area contributed by atoms with E-state index in [0.29, 0.717) is 0 Å². The molecule has 0 saturated heterocycles. The lowest BCUT2D eigenvalue weighted by molar-refractivity contribution is 0.665. The summed E-state index contributed by atoms with van der Waals surface area (Å²) in [5.74, 6) is 0. The quantitative estimate of drug-likeness (QED) is 0.872. The van der Waals surface area contributed by atoms with Gasteiger partial charge in [0.2, 0.25) is 0 Å². The lowest BCUT2D eigenvalue weighted by Crippen LogP contribution is -2.19. The standard InChI is InChI=1S/C13H17ClN2/c1-3-16-11(7-9(2)15)8-10-5-4-6-12(14)13(10)16/h4-6,8-9H,3,7,15H2,1-2H3. The highest BCUT2D eigenvalue weighted by atomic mass is 35.5. The molecule has 0 saturated carbocycles. The van der Waals surface area contributed by atoms with E-state index in [-0.39, 0.29) is 6.04 Å². The molecule has 1 heterocycles. The minimum absolute atomic E-state index is 0.174. The van der Waals surface area contributed by atoms with E-state index in [1.807, 2.05) is 19.1 Å². The van der Waals surface area contributed by atoms with Crippen molar-refractivity contribution in [2.24, 2.45) is 5.73 Å². The third kappa shape index (κ3) is 1.95. The summed E-state index contributed by atoms with van der Waals surface area (Å²) in [7, 11) is 0. The molecule has 2 N–H and O–H groups in total. The number of hydrogen-bond donors (Lipinski definition) is 1. The molecule has 0 spiro atoms. The largest absolute Gasteiger partial charge is 0.344 e. The maximum atomic E-state index is 6.24. The van der Waals surface area contributed by atoms with Gasteiger partial charge in [-0.2, -0.15) is 0 Å². The summed E-state index contributed by atoms with van der Waals surface area (Å²) in [6.45, 7) is 5.09. The summed E-state index contributed by atoms with van der Waals surface area (Å²) in [5, 5.41) is 2.01. The molecule has 1 aromatic carbocycles. The Morgan fingerprint density at radius 3 is 2.81 bits per heavy atom. The van der Waals surface area contributed by atoms with Crippen LogP contribution in [-0.2, 0) is 13.0 Å². The van der Waals surface area contributed by atoms with Crippen molar-refractivity contribution >= 4 is 22.5 Å². The SMILES string of the molecule is CCn1c(CC(C)N)cc2cccc(Cl)c21. The molecule has 2 aromatic rings. The second-order valence-corrected chi connectivity index (χ2v) is 4.65. The first-order valence-corrected chi connectivity index (χ1v) is 6.03. The van der Waals surface area contributed by atoms with E-state index in [9.17, 15) is 0 Å². The highest BCUT2D eigenvalue weighted by Gasteiger charge is 2.11. The Bertz CT molecular complexity index is 500. The van der Waals surface area contributed by atoms with E-state index in [0.717, 1.165) is 23.5 Å². The van der Waals surface area contributed by atoms with Crippen molar-refractivity contribution in [2.45, 2.75) is 32.9 Å². The molecule has 3 heteroatoms. The minimum Gasteiger partial charge on any atom is -0.344 e. The van der Waals surface area contributed by atoms with Crippen LogP contribution in [0, 0.1) is 0 Å². The zero-order valence-corrected chi connectivity index (χ0v) is 10.5. The number of nitrogens with zero attached hydrogens (tertiary/aromatic N) is 1. The summed E-state index contributed by atoms with van der Waals surface area (Å²) in [5.41, 5.74) is 8.25. The Balaban J connectivity index is 2.62. The maximum Gasteiger partial charge on any atom is 0.0671 e. The smallest absolute Gasteiger partial charge is 0.0671 e. The van der Waals surface area contributed by atoms with Crippen molar-refractivity contribution in [2.75, 3.05) is 0 Å². The first-order chi connectivity index (χ1) is 7.63. The van der Waals surface area contributed by atoms with Crippen LogP contribution in [-0.4, -0.2) is 10.6 Å². The highest BCUT2D eigenvalue weighted by Crippen LogP contribution is 2.27. The first-order valence-electron chi connectivity index (χ1n) is 5.65. The predicted octanol–water partition coefficient (Wildman–Crippen LogP) is 3.20. The van der Waals surface area contributed by atoms with Gasteiger partial charge in [-0.3, -0.25) is 0 Å². The minimum atomic E-state index is 0.174. The molecule has 1 atom stereocenters. The van der Waals surface area contributed by atoms with E-state index in [1.54, 1.807) is 0 Å². The van der Waals surface area contributed by atoms with E-state index >= 15 is 0 Å². The highest BCUT2D eigenvalue weighted by molar-refractivity contribution is 6.35. The van der Waals surface area contributed by atoms with Crippen LogP contribution in [0.3, 0.4) is 0 Å². The fourth-order valence-electron chi connectivity index (χ4n) is 2.19. The molecule has 1 aromatic heterocycles. The van der Waals surface area contributed by atoms with Gasteiger partial charge in [0.25, 0.3) is 0 Å². The predicted molar refractivity (Wildman–Crippen MR) is 70.0 cm³/mol. The van der Waals surface area contributed by atoms with Crippen LogP contribution >= 0.6 is 11.6 Å². The number of aromatic nitrogens is 1. The van der Waals surface area contributed by atoms with Gasteiger partial charge in [-0.15, -0.1) is 0 Å². The van der Waals surface area contributed by atoms with Crippen molar-refractivity contribution in [1.82, 2.24) is 4.57 Å². The zero-order valence-electron chi connectivity index (χ0n) is 9.70. The molecule has 0 aliphatic rings. The third-order valence-corrected chi connectivity index (χ3v) is 3.11.